The van der Waals surface area contributed by atoms with Crippen LogP contribution in [0.25, 0.3) is 0 Å². The molecule has 0 spiro atoms. The van der Waals surface area contributed by atoms with Crippen LogP contribution in [-0.4, -0.2) is 11.1 Å². The monoisotopic (exact) mass is 275 g/mol. The Kier molecular flexibility index (Phi) is 5.71. The minimum absolute atomic E-state index is 0.0909. The minimum atomic E-state index is -0.940. The van der Waals surface area contributed by atoms with Crippen molar-refractivity contribution in [2.45, 2.75) is 6.92 Å². The smallest absolute Gasteiger partial charge is 0.395 e. The Balaban J connectivity index is 2.68. The van der Waals surface area contributed by atoms with Crippen LogP contribution in [-0.2, 0) is 4.74 Å². The van der Waals surface area contributed by atoms with E-state index in [0.29, 0.717) is 0 Å². The number of ether oxygens (including phenoxy) is 2. The van der Waals surface area contributed by atoms with E-state index in [2.05, 4.69) is 6.58 Å². The summed E-state index contributed by atoms with van der Waals surface area (Å²) in [5.74, 6) is 0.424. The van der Waals surface area contributed by atoms with Gasteiger partial charge >= 0.3 is 6.16 Å². The first-order valence-electron chi connectivity index (χ1n) is 5.66. The second kappa shape index (κ2) is 7.52. The van der Waals surface area contributed by atoms with Crippen LogP contribution in [0.3, 0.4) is 0 Å². The van der Waals surface area contributed by atoms with Gasteiger partial charge in [-0.1, -0.05) is 18.7 Å². The third-order valence-electron chi connectivity index (χ3n) is 2.06. The molecule has 0 radical (unpaired) electrons. The fraction of sp³-hybridized carbons (Fsp3) is 0.0714. The van der Waals surface area contributed by atoms with E-state index in [1.54, 1.807) is 19.1 Å². The molecular weight excluding hydrogens is 262 g/mol. The summed E-state index contributed by atoms with van der Waals surface area (Å²) in [6.45, 7) is 5.26. The highest BCUT2D eigenvalue weighted by Gasteiger charge is 2.10. The van der Waals surface area contributed by atoms with Crippen molar-refractivity contribution >= 4 is 11.8 Å². The van der Waals surface area contributed by atoms with E-state index < -0.39 is 11.1 Å². The van der Waals surface area contributed by atoms with E-state index >= 15 is 0 Å². The van der Waals surface area contributed by atoms with Gasteiger partial charge in [0.15, 0.2) is 0 Å². The Hall–Kier alpha value is -2.89. The normalized spacial score (nSPS) is 11.2. The number of carbonyl (C=O) groups excluding carboxylic acids is 1. The molecule has 0 aliphatic rings. The molecule has 0 saturated carbocycles. The predicted octanol–water partition coefficient (Wildman–Crippen LogP) is 3.76. The zero-order chi connectivity index (χ0) is 15.0. The van der Waals surface area contributed by atoms with Gasteiger partial charge in [0.2, 0.25) is 0 Å². The number of rotatable bonds is 5. The molecular formula is C14H13NO5. The molecule has 6 nitrogen and oxygen atoms in total. The lowest BCUT2D eigenvalue weighted by molar-refractivity contribution is -0.384. The van der Waals surface area contributed by atoms with Crippen molar-refractivity contribution in [3.63, 3.8) is 0 Å². The van der Waals surface area contributed by atoms with Crippen molar-refractivity contribution in [3.8, 4) is 5.75 Å². The Bertz CT molecular complexity index is 557. The summed E-state index contributed by atoms with van der Waals surface area (Å²) in [6.07, 6.45) is 5.28. The molecule has 0 bridgehead atoms. The maximum Gasteiger partial charge on any atom is 0.519 e. The van der Waals surface area contributed by atoms with Crippen LogP contribution in [0.15, 0.2) is 60.9 Å². The van der Waals surface area contributed by atoms with Gasteiger partial charge in [-0.2, -0.15) is 0 Å². The fourth-order valence-corrected chi connectivity index (χ4v) is 1.25. The summed E-state index contributed by atoms with van der Waals surface area (Å²) >= 11 is 0. The Morgan fingerprint density at radius 1 is 1.35 bits per heavy atom. The molecule has 0 aliphatic heterocycles. The van der Waals surface area contributed by atoms with Gasteiger partial charge in [0, 0.05) is 12.1 Å². The summed E-state index contributed by atoms with van der Waals surface area (Å²) in [6, 6.07) is 5.09. The molecule has 0 amide bonds. The Labute approximate surface area is 115 Å². The van der Waals surface area contributed by atoms with Crippen LogP contribution in [0.4, 0.5) is 10.5 Å². The number of hydrogen-bond acceptors (Lipinski definition) is 5. The second-order valence-corrected chi connectivity index (χ2v) is 3.51. The quantitative estimate of drug-likeness (QED) is 0.204. The van der Waals surface area contributed by atoms with Crippen LogP contribution in [0.5, 0.6) is 5.75 Å². The first-order chi connectivity index (χ1) is 9.56. The molecule has 1 aromatic carbocycles. The molecule has 0 unspecified atom stereocenters. The summed E-state index contributed by atoms with van der Waals surface area (Å²) in [4.78, 5) is 21.4. The molecule has 0 N–H and O–H groups in total. The summed E-state index contributed by atoms with van der Waals surface area (Å²) in [7, 11) is 0. The number of nitro groups is 1. The third kappa shape index (κ3) is 4.77. The Morgan fingerprint density at radius 2 is 2.00 bits per heavy atom. The molecule has 6 heteroatoms. The number of nitrogens with zero attached hydrogens (tertiary/aromatic N) is 1. The number of hydrogen-bond donors (Lipinski definition) is 0. The van der Waals surface area contributed by atoms with Gasteiger partial charge in [0.05, 0.1) is 4.92 Å². The van der Waals surface area contributed by atoms with E-state index in [1.807, 2.05) is 0 Å². The lowest BCUT2D eigenvalue weighted by Gasteiger charge is -2.05. The molecule has 0 atom stereocenters. The Morgan fingerprint density at radius 3 is 2.50 bits per heavy atom. The summed E-state index contributed by atoms with van der Waals surface area (Å²) in [5.41, 5.74) is -0.0909. The average Bonchev–Trinajstić information content (AvgIpc) is 2.39. The van der Waals surface area contributed by atoms with Crippen LogP contribution in [0.1, 0.15) is 6.92 Å². The molecule has 1 rings (SSSR count). The van der Waals surface area contributed by atoms with Crippen molar-refractivity contribution in [3.05, 3.63) is 71.0 Å². The minimum Gasteiger partial charge on any atom is -0.395 e. The largest absolute Gasteiger partial charge is 0.519 e. The van der Waals surface area contributed by atoms with Gasteiger partial charge in [-0.3, -0.25) is 10.1 Å². The summed E-state index contributed by atoms with van der Waals surface area (Å²) < 4.78 is 9.80. The van der Waals surface area contributed by atoms with E-state index in [4.69, 9.17) is 9.47 Å². The maximum absolute atomic E-state index is 11.5. The predicted molar refractivity (Wildman–Crippen MR) is 73.3 cm³/mol. The van der Waals surface area contributed by atoms with Gasteiger partial charge in [-0.15, -0.1) is 0 Å². The lowest BCUT2D eigenvalue weighted by Crippen LogP contribution is -2.09. The van der Waals surface area contributed by atoms with E-state index in [1.165, 1.54) is 36.4 Å². The van der Waals surface area contributed by atoms with Crippen LogP contribution < -0.4 is 4.74 Å². The topological polar surface area (TPSA) is 78.7 Å². The molecule has 0 aromatic heterocycles. The van der Waals surface area contributed by atoms with Gasteiger partial charge in [-0.05, 0) is 31.2 Å². The number of benzene rings is 1. The van der Waals surface area contributed by atoms with Gasteiger partial charge in [0.25, 0.3) is 5.69 Å². The zero-order valence-corrected chi connectivity index (χ0v) is 10.8. The van der Waals surface area contributed by atoms with Gasteiger partial charge < -0.3 is 9.47 Å². The maximum atomic E-state index is 11.5. The van der Waals surface area contributed by atoms with E-state index in [9.17, 15) is 14.9 Å². The highest BCUT2D eigenvalue weighted by atomic mass is 16.7. The van der Waals surface area contributed by atoms with Gasteiger partial charge in [0.1, 0.15) is 11.5 Å². The van der Waals surface area contributed by atoms with Crippen molar-refractivity contribution < 1.29 is 19.2 Å². The molecule has 0 heterocycles. The first kappa shape index (κ1) is 15.2. The van der Waals surface area contributed by atoms with Crippen molar-refractivity contribution in [1.29, 1.82) is 0 Å². The number of non-ortho nitro benzene ring substituents is 1. The SMILES string of the molecule is C=C/C=C(\C=C/C)OC(=O)Oc1ccc([N+](=O)[O-])cc1. The van der Waals surface area contributed by atoms with Crippen molar-refractivity contribution in [1.82, 2.24) is 0 Å². The van der Waals surface area contributed by atoms with Crippen LogP contribution in [0, 0.1) is 10.1 Å². The highest BCUT2D eigenvalue weighted by molar-refractivity contribution is 5.65. The number of nitro benzene ring substituents is 1. The fourth-order valence-electron chi connectivity index (χ4n) is 1.25. The van der Waals surface area contributed by atoms with Crippen molar-refractivity contribution in [2.75, 3.05) is 0 Å². The number of allylic oxidation sites excluding steroid dienone is 4. The lowest BCUT2D eigenvalue weighted by atomic mass is 10.3. The van der Waals surface area contributed by atoms with Crippen LogP contribution >= 0.6 is 0 Å². The van der Waals surface area contributed by atoms with Gasteiger partial charge in [-0.25, -0.2) is 4.79 Å². The average molecular weight is 275 g/mol. The third-order valence-corrected chi connectivity index (χ3v) is 2.06. The zero-order valence-electron chi connectivity index (χ0n) is 10.8. The summed E-state index contributed by atoms with van der Waals surface area (Å²) in [5, 5.41) is 10.5. The molecule has 0 aliphatic carbocycles. The standard InChI is InChI=1S/C14H13NO5/c1-3-5-12(6-4-2)19-14(16)20-13-9-7-11(8-10-13)15(17)18/h3-10H,1H2,2H3/b6-4-,12-5+. The molecule has 104 valence electrons. The van der Waals surface area contributed by atoms with E-state index in [-0.39, 0.29) is 17.2 Å². The first-order valence-corrected chi connectivity index (χ1v) is 5.66. The van der Waals surface area contributed by atoms with Crippen molar-refractivity contribution in [2.24, 2.45) is 0 Å². The molecule has 0 saturated heterocycles. The second-order valence-electron chi connectivity index (χ2n) is 3.51. The van der Waals surface area contributed by atoms with E-state index in [0.717, 1.165) is 0 Å². The highest BCUT2D eigenvalue weighted by Crippen LogP contribution is 2.18. The molecule has 1 aromatic rings. The van der Waals surface area contributed by atoms with Crippen LogP contribution in [0.2, 0.25) is 0 Å². The molecule has 20 heavy (non-hydrogen) atoms. The number of carbonyl (C=O) groups is 1. The molecule has 0 fully saturated rings.